The second kappa shape index (κ2) is 7.48. The molecule has 1 saturated heterocycles. The fourth-order valence-corrected chi connectivity index (χ4v) is 5.17. The lowest BCUT2D eigenvalue weighted by Gasteiger charge is -2.21. The van der Waals surface area contributed by atoms with Crippen molar-refractivity contribution in [2.45, 2.75) is 32.7 Å². The van der Waals surface area contributed by atoms with Gasteiger partial charge in [0.05, 0.1) is 41.2 Å². The smallest absolute Gasteiger partial charge is 0.339 e. The van der Waals surface area contributed by atoms with Crippen molar-refractivity contribution in [2.24, 2.45) is 0 Å². The van der Waals surface area contributed by atoms with E-state index in [0.717, 1.165) is 29.9 Å². The summed E-state index contributed by atoms with van der Waals surface area (Å²) in [4.78, 5) is 35.1. The Morgan fingerprint density at radius 3 is 2.86 bits per heavy atom. The van der Waals surface area contributed by atoms with Gasteiger partial charge in [-0.3, -0.25) is 9.69 Å². The van der Waals surface area contributed by atoms with Gasteiger partial charge in [0.2, 0.25) is 0 Å². The van der Waals surface area contributed by atoms with Gasteiger partial charge in [-0.1, -0.05) is 12.1 Å². The summed E-state index contributed by atoms with van der Waals surface area (Å²) >= 11 is 1.70. The Morgan fingerprint density at radius 1 is 1.32 bits per heavy atom. The summed E-state index contributed by atoms with van der Waals surface area (Å²) in [6.45, 7) is 4.75. The predicted molar refractivity (Wildman–Crippen MR) is 109 cm³/mol. The van der Waals surface area contributed by atoms with E-state index in [1.54, 1.807) is 25.2 Å². The number of hydrogen-bond acceptors (Lipinski definition) is 6. The van der Waals surface area contributed by atoms with Gasteiger partial charge in [-0.2, -0.15) is 0 Å². The first kappa shape index (κ1) is 18.8. The monoisotopic (exact) mass is 397 g/mol. The van der Waals surface area contributed by atoms with Crippen LogP contribution in [0.1, 0.15) is 56.0 Å². The number of rotatable bonds is 5. The summed E-state index contributed by atoms with van der Waals surface area (Å²) in [6.07, 6.45) is 2.05. The maximum absolute atomic E-state index is 13.0. The maximum Gasteiger partial charge on any atom is 0.339 e. The summed E-state index contributed by atoms with van der Waals surface area (Å²) in [7, 11) is 1.35. The molecule has 0 spiro atoms. The number of likely N-dealkylation sites (tertiary alicyclic amines) is 1. The Morgan fingerprint density at radius 2 is 2.11 bits per heavy atom. The zero-order chi connectivity index (χ0) is 19.8. The third-order valence-corrected chi connectivity index (χ3v) is 6.55. The summed E-state index contributed by atoms with van der Waals surface area (Å²) in [5.74, 6) is -0.428. The van der Waals surface area contributed by atoms with E-state index in [-0.39, 0.29) is 11.8 Å². The number of ketones is 1. The van der Waals surface area contributed by atoms with Crippen LogP contribution in [0.2, 0.25) is 0 Å². The van der Waals surface area contributed by atoms with E-state index in [9.17, 15) is 9.59 Å². The molecular formula is C21H23N3O3S. The number of H-pyrrole nitrogens is 1. The first-order valence-corrected chi connectivity index (χ1v) is 10.2. The Bertz CT molecular complexity index is 1020. The van der Waals surface area contributed by atoms with Gasteiger partial charge in [0.15, 0.2) is 5.78 Å². The van der Waals surface area contributed by atoms with Gasteiger partial charge >= 0.3 is 5.97 Å². The molecule has 0 saturated carbocycles. The highest BCUT2D eigenvalue weighted by molar-refractivity contribution is 7.18. The first-order chi connectivity index (χ1) is 13.5. The van der Waals surface area contributed by atoms with Crippen molar-refractivity contribution in [3.63, 3.8) is 0 Å². The summed E-state index contributed by atoms with van der Waals surface area (Å²) in [5.41, 5.74) is 3.28. The summed E-state index contributed by atoms with van der Waals surface area (Å²) < 4.78 is 6.02. The van der Waals surface area contributed by atoms with Crippen LogP contribution in [0.5, 0.6) is 0 Å². The van der Waals surface area contributed by atoms with Crippen molar-refractivity contribution in [1.29, 1.82) is 0 Å². The molecule has 7 heteroatoms. The molecule has 0 bridgehead atoms. The number of benzene rings is 1. The Kier molecular flexibility index (Phi) is 5.03. The number of carbonyl (C=O) groups is 2. The molecule has 28 heavy (non-hydrogen) atoms. The van der Waals surface area contributed by atoms with Gasteiger partial charge in [0, 0.05) is 5.69 Å². The number of esters is 1. The lowest BCUT2D eigenvalue weighted by Crippen LogP contribution is -2.30. The number of nitrogens with one attached hydrogen (secondary N) is 1. The third-order valence-electron chi connectivity index (χ3n) is 5.41. The molecule has 0 aliphatic carbocycles. The standard InChI is InChI=1S/C21H23N3O3S/c1-12-18(21(26)27-3)13(2)22-19(12)16(25)11-24-10-6-8-15(24)20-23-14-7-4-5-9-17(14)28-20/h4-5,7,9,15,22H,6,8,10-11H2,1-3H3. The van der Waals surface area contributed by atoms with Crippen LogP contribution in [-0.4, -0.2) is 46.8 Å². The molecule has 1 N–H and O–H groups in total. The molecule has 0 radical (unpaired) electrons. The Labute approximate surface area is 167 Å². The van der Waals surface area contributed by atoms with E-state index in [4.69, 9.17) is 9.72 Å². The van der Waals surface area contributed by atoms with Crippen molar-refractivity contribution in [1.82, 2.24) is 14.9 Å². The Hall–Kier alpha value is -2.51. The van der Waals surface area contributed by atoms with Crippen molar-refractivity contribution >= 4 is 33.3 Å². The molecular weight excluding hydrogens is 374 g/mol. The molecule has 1 unspecified atom stereocenters. The quantitative estimate of drug-likeness (QED) is 0.519. The molecule has 146 valence electrons. The van der Waals surface area contributed by atoms with Crippen LogP contribution in [0.3, 0.4) is 0 Å². The van der Waals surface area contributed by atoms with Crippen LogP contribution < -0.4 is 0 Å². The van der Waals surface area contributed by atoms with Crippen molar-refractivity contribution in [3.8, 4) is 0 Å². The van der Waals surface area contributed by atoms with Crippen LogP contribution in [0.25, 0.3) is 10.2 Å². The van der Waals surface area contributed by atoms with E-state index in [1.165, 1.54) is 11.8 Å². The number of ether oxygens (including phenoxy) is 1. The van der Waals surface area contributed by atoms with Gasteiger partial charge in [-0.15, -0.1) is 11.3 Å². The fourth-order valence-electron chi connectivity index (χ4n) is 4.03. The van der Waals surface area contributed by atoms with E-state index in [2.05, 4.69) is 16.0 Å². The van der Waals surface area contributed by atoms with E-state index < -0.39 is 5.97 Å². The van der Waals surface area contributed by atoms with Crippen molar-refractivity contribution in [3.05, 3.63) is 51.8 Å². The normalized spacial score (nSPS) is 17.3. The highest BCUT2D eigenvalue weighted by Gasteiger charge is 2.31. The number of nitrogens with zero attached hydrogens (tertiary/aromatic N) is 2. The van der Waals surface area contributed by atoms with Gasteiger partial charge in [0.25, 0.3) is 0 Å². The largest absolute Gasteiger partial charge is 0.465 e. The predicted octanol–water partition coefficient (Wildman–Crippen LogP) is 4.05. The number of aromatic amines is 1. The zero-order valence-electron chi connectivity index (χ0n) is 16.2. The molecule has 6 nitrogen and oxygen atoms in total. The van der Waals surface area contributed by atoms with Crippen molar-refractivity contribution < 1.29 is 14.3 Å². The maximum atomic E-state index is 13.0. The number of hydrogen-bond donors (Lipinski definition) is 1. The molecule has 1 atom stereocenters. The molecule has 2 aromatic heterocycles. The SMILES string of the molecule is COC(=O)c1c(C)[nH]c(C(=O)CN2CCCC2c2nc3ccccc3s2)c1C. The number of aromatic nitrogens is 2. The number of methoxy groups -OCH3 is 1. The lowest BCUT2D eigenvalue weighted by molar-refractivity contribution is 0.0599. The molecule has 3 heterocycles. The summed E-state index contributed by atoms with van der Waals surface area (Å²) in [6, 6.07) is 8.30. The number of thiazole rings is 1. The highest BCUT2D eigenvalue weighted by atomic mass is 32.1. The molecule has 1 aliphatic rings. The topological polar surface area (TPSA) is 75.3 Å². The highest BCUT2D eigenvalue weighted by Crippen LogP contribution is 2.36. The minimum Gasteiger partial charge on any atom is -0.465 e. The van der Waals surface area contributed by atoms with E-state index in [0.29, 0.717) is 29.1 Å². The van der Waals surface area contributed by atoms with E-state index in [1.807, 2.05) is 18.2 Å². The molecule has 0 amide bonds. The van der Waals surface area contributed by atoms with Crippen LogP contribution in [0.4, 0.5) is 0 Å². The first-order valence-electron chi connectivity index (χ1n) is 9.39. The number of aryl methyl sites for hydroxylation is 1. The average molecular weight is 398 g/mol. The second-order valence-corrected chi connectivity index (χ2v) is 8.25. The average Bonchev–Trinajstić information content (AvgIpc) is 3.38. The van der Waals surface area contributed by atoms with Crippen LogP contribution >= 0.6 is 11.3 Å². The van der Waals surface area contributed by atoms with Crippen molar-refractivity contribution in [2.75, 3.05) is 20.2 Å². The van der Waals surface area contributed by atoms with Gasteiger partial charge in [-0.25, -0.2) is 9.78 Å². The molecule has 1 fully saturated rings. The van der Waals surface area contributed by atoms with E-state index >= 15 is 0 Å². The zero-order valence-corrected chi connectivity index (χ0v) is 17.1. The molecule has 4 rings (SSSR count). The van der Waals surface area contributed by atoms with Crippen LogP contribution in [0, 0.1) is 13.8 Å². The Balaban J connectivity index is 1.56. The molecule has 3 aromatic rings. The molecule has 1 aliphatic heterocycles. The van der Waals surface area contributed by atoms with Gasteiger partial charge in [0.1, 0.15) is 5.01 Å². The second-order valence-electron chi connectivity index (χ2n) is 7.19. The third kappa shape index (κ3) is 3.25. The van der Waals surface area contributed by atoms with Crippen LogP contribution in [-0.2, 0) is 4.74 Å². The lowest BCUT2D eigenvalue weighted by atomic mass is 10.1. The number of Topliss-reactive ketones (excluding diaryl/α,β-unsaturated/α-hetero) is 1. The fraction of sp³-hybridized carbons (Fsp3) is 0.381. The number of fused-ring (bicyclic) bond motifs is 1. The summed E-state index contributed by atoms with van der Waals surface area (Å²) in [5, 5.41) is 1.07. The van der Waals surface area contributed by atoms with Crippen LogP contribution in [0.15, 0.2) is 24.3 Å². The number of para-hydroxylation sites is 1. The van der Waals surface area contributed by atoms with Gasteiger partial charge < -0.3 is 9.72 Å². The minimum absolute atomic E-state index is 0.0104. The minimum atomic E-state index is -0.418. The number of carbonyl (C=O) groups excluding carboxylic acids is 2. The van der Waals surface area contributed by atoms with Gasteiger partial charge in [-0.05, 0) is 50.9 Å². The molecule has 1 aromatic carbocycles.